The Kier molecular flexibility index (Phi) is 1070. The van der Waals surface area contributed by atoms with E-state index in [0.717, 1.165) is 0 Å². The van der Waals surface area contributed by atoms with Gasteiger partial charge in [0.25, 0.3) is 0 Å². The van der Waals surface area contributed by atoms with Gasteiger partial charge in [-0.2, -0.15) is 13.6 Å². The maximum Gasteiger partial charge on any atom is 0 e. The molecule has 0 N–H and O–H groups in total. The van der Waals surface area contributed by atoms with E-state index >= 15 is 0 Å². The average Bonchev–Trinajstić information content (AvgIpc) is 0.918. The molecule has 22 valence electrons. The Labute approximate surface area is 19.3 Å². The maximum atomic E-state index is 10.2. The fourth-order valence-electron chi connectivity index (χ4n) is 0. The van der Waals surface area contributed by atoms with Gasteiger partial charge in [-0.05, 0) is 0 Å². The number of halogens is 1. The third-order valence-electron chi connectivity index (χ3n) is 0. The van der Waals surface area contributed by atoms with Crippen molar-refractivity contribution in [3.8, 4) is 0 Å². The summed E-state index contributed by atoms with van der Waals surface area (Å²) in [4.78, 5) is 0. The quantitative estimate of drug-likeness (QED) is 0.588. The molecule has 0 aliphatic carbocycles. The minimum absolute atomic E-state index is 0. The van der Waals surface area contributed by atoms with Crippen LogP contribution in [0.1, 0.15) is 6.92 Å². The molecule has 0 unspecified atom stereocenters. The van der Waals surface area contributed by atoms with Crippen LogP contribution in [0.4, 0.5) is 4.39 Å². The van der Waals surface area contributed by atoms with Crippen molar-refractivity contribution >= 4 is 0 Å². The van der Waals surface area contributed by atoms with Crippen LogP contribution < -0.4 is 0 Å². The van der Waals surface area contributed by atoms with Crippen LogP contribution in [0.3, 0.4) is 0 Å². The first-order valence-electron chi connectivity index (χ1n) is 0.796. The first kappa shape index (κ1) is 12.6. The summed E-state index contributed by atoms with van der Waals surface area (Å²) in [5.74, 6) is 0. The van der Waals surface area contributed by atoms with Crippen molar-refractivity contribution in [3.63, 3.8) is 0 Å². The van der Waals surface area contributed by atoms with Gasteiger partial charge in [0.15, 0.2) is 0 Å². The first-order valence-corrected chi connectivity index (χ1v) is 0.796. The summed E-state index contributed by atoms with van der Waals surface area (Å²) in [5.41, 5.74) is 0. The van der Waals surface area contributed by atoms with E-state index in [-0.39, 0.29) is 0 Å². The molecule has 0 aromatic heterocycles. The Morgan fingerprint density at radius 3 is 1.75 bits per heavy atom. The summed E-state index contributed by atoms with van der Waals surface area (Å²) >= 11 is 0. The third-order valence-corrected chi connectivity index (χ3v) is 0. The summed E-state index contributed by atoms with van der Waals surface area (Å²) in [6.45, 7) is 1.83. The fourth-order valence-corrected chi connectivity index (χ4v) is 0. The topological polar surface area (TPSA) is 0 Å². The van der Waals surface area contributed by atoms with Gasteiger partial charge < -0.3 is 4.39 Å². The molecular weight excluding hydrogens is 310 g/mol. The molecule has 0 fully saturated rings. The van der Waals surface area contributed by atoms with E-state index in [2.05, 4.69) is 0 Å². The van der Waals surface area contributed by atoms with E-state index in [1.807, 2.05) is 0 Å². The Morgan fingerprint density at radius 1 is 1.75 bits per heavy atom. The molecule has 0 aliphatic heterocycles. The Balaban J connectivity index is 0. The summed E-state index contributed by atoms with van der Waals surface area (Å²) in [5, 5.41) is 0. The van der Waals surface area contributed by atoms with E-state index < -0.39 is 0 Å². The Morgan fingerprint density at radius 2 is 1.75 bits per heavy atom. The molecular formula is C2H4FRf-. The molecule has 0 atom stereocenters. The van der Waals surface area contributed by atoms with Gasteiger partial charge in [-0.25, -0.2) is 0 Å². The van der Waals surface area contributed by atoms with Gasteiger partial charge in [0.2, 0.25) is 0 Å². The van der Waals surface area contributed by atoms with Gasteiger partial charge in [-0.1, -0.05) is 0 Å². The van der Waals surface area contributed by atoms with Gasteiger partial charge in [0.05, 0.1) is 0 Å². The second kappa shape index (κ2) is 341. The molecule has 0 bridgehead atoms. The minimum Gasteiger partial charge on any atom is -0.460 e. The van der Waals surface area contributed by atoms with E-state index in [1.54, 1.807) is 0 Å². The molecule has 0 heterocycles. The molecule has 4 heavy (non-hydrogen) atoms. The van der Waals surface area contributed by atoms with E-state index in [9.17, 15) is 4.39 Å². The normalized spacial score (nSPS) is 4.50. The standard InChI is InChI=1S/C2H4F.Rf/c1-2-3;/h2H,1H3;/q-1;. The van der Waals surface area contributed by atoms with Crippen LogP contribution in [0, 0.1) is 6.67 Å². The Hall–Kier alpha value is -1.07. The molecule has 0 aliphatic rings. The van der Waals surface area contributed by atoms with E-state index in [4.69, 9.17) is 0 Å². The van der Waals surface area contributed by atoms with Crippen LogP contribution in [-0.4, -0.2) is 0 Å². The molecule has 0 rings (SSSR count). The minimum atomic E-state index is 0. The van der Waals surface area contributed by atoms with Gasteiger partial charge in [-0.3, -0.25) is 0 Å². The second-order valence-electron chi connectivity index (χ2n) is 0.218. The van der Waals surface area contributed by atoms with E-state index in [1.165, 1.54) is 6.92 Å². The Bertz CT molecular complexity index is 6.00. The van der Waals surface area contributed by atoms with Gasteiger partial charge >= 0.3 is 0 Å². The molecule has 0 spiro atoms. The SMILES string of the molecule is C[CH-]F.[Rf]. The molecule has 0 aromatic carbocycles. The maximum absolute atomic E-state index is 10.2. The monoisotopic (exact) mass is 314 g/mol. The zero-order valence-electron chi connectivity index (χ0n) is 2.66. The predicted molar refractivity (Wildman–Crippen MR) is 11.1 cm³/mol. The number of rotatable bonds is 0. The van der Waals surface area contributed by atoms with Crippen LogP contribution >= 0.6 is 0 Å². The molecule has 0 nitrogen and oxygen atoms in total. The molecule has 2 heteroatoms. The number of hydrogen-bond donors (Lipinski definition) is 0. The molecule has 0 amide bonds. The second-order valence-corrected chi connectivity index (χ2v) is 0.218. The van der Waals surface area contributed by atoms with Gasteiger partial charge in [0.1, 0.15) is 0 Å². The van der Waals surface area contributed by atoms with Crippen molar-refractivity contribution in [1.29, 1.82) is 0 Å². The van der Waals surface area contributed by atoms with E-state index in [0.29, 0.717) is 6.67 Å². The van der Waals surface area contributed by atoms with Crippen molar-refractivity contribution in [2.75, 3.05) is 0 Å². The van der Waals surface area contributed by atoms with Crippen molar-refractivity contribution in [1.82, 2.24) is 0 Å². The summed E-state index contributed by atoms with van der Waals surface area (Å²) < 4.78 is 10.2. The van der Waals surface area contributed by atoms with Crippen molar-refractivity contribution in [2.24, 2.45) is 0 Å². The third kappa shape index (κ3) is 0.00398. The predicted octanol–water partition coefficient (Wildman–Crippen LogP) is 1.14. The molecule has 0 aromatic rings. The zero-order chi connectivity index (χ0) is 2.71. The summed E-state index contributed by atoms with van der Waals surface area (Å²) in [6, 6.07) is 0. The van der Waals surface area contributed by atoms with Crippen LogP contribution in [-0.2, 0) is 0 Å². The average molecular weight is 314 g/mol. The molecule has 0 radical (unpaired) electrons. The largest absolute Gasteiger partial charge is 0.460 e. The molecule has 0 saturated heterocycles. The van der Waals surface area contributed by atoms with Crippen LogP contribution in [0.5, 0.6) is 0 Å². The van der Waals surface area contributed by atoms with Crippen molar-refractivity contribution in [3.05, 3.63) is 6.67 Å². The summed E-state index contributed by atoms with van der Waals surface area (Å²) in [6.07, 6.45) is 0. The number of hydrogen-bond acceptors (Lipinski definition) is 0. The van der Waals surface area contributed by atoms with Gasteiger partial charge in [-0.15, -0.1) is 0 Å². The van der Waals surface area contributed by atoms with Crippen molar-refractivity contribution in [2.45, 2.75) is 6.92 Å². The molecule has 0 saturated carbocycles. The van der Waals surface area contributed by atoms with Crippen LogP contribution in [0.2, 0.25) is 0 Å². The van der Waals surface area contributed by atoms with Crippen LogP contribution in [0.25, 0.3) is 0 Å². The van der Waals surface area contributed by atoms with Crippen LogP contribution in [0.15, 0.2) is 0 Å². The summed E-state index contributed by atoms with van der Waals surface area (Å²) in [7, 11) is 0. The first-order chi connectivity index (χ1) is 1.41. The zero-order valence-corrected chi connectivity index (χ0v) is 9.06. The van der Waals surface area contributed by atoms with Gasteiger partial charge in [0, 0.05) is 0 Å². The van der Waals surface area contributed by atoms with Crippen molar-refractivity contribution < 1.29 is 4.39 Å². The smallest absolute Gasteiger partial charge is 0 e. The fraction of sp³-hybridized carbons (Fsp3) is 0.500.